The summed E-state index contributed by atoms with van der Waals surface area (Å²) in [6.45, 7) is 6.87. The second kappa shape index (κ2) is 3.97. The lowest BCUT2D eigenvalue weighted by molar-refractivity contribution is -0.122. The molecule has 2 saturated heterocycles. The van der Waals surface area contributed by atoms with E-state index in [4.69, 9.17) is 0 Å². The Morgan fingerprint density at radius 3 is 2.93 bits per heavy atom. The number of ketones is 1. The van der Waals surface area contributed by atoms with Gasteiger partial charge in [-0.1, -0.05) is 6.58 Å². The third-order valence-electron chi connectivity index (χ3n) is 3.85. The molecule has 2 rings (SSSR count). The Morgan fingerprint density at radius 1 is 1.60 bits per heavy atom. The molecular weight excluding hydrogens is 188 g/mol. The first-order chi connectivity index (χ1) is 7.15. The maximum absolute atomic E-state index is 11.6. The molecule has 0 aromatic rings. The zero-order chi connectivity index (χ0) is 11.0. The number of carbonyl (C=O) groups is 1. The van der Waals surface area contributed by atoms with Crippen LogP contribution in [0.1, 0.15) is 26.2 Å². The summed E-state index contributed by atoms with van der Waals surface area (Å²) in [5.74, 6) is 0.473. The topological polar surface area (TPSA) is 32.3 Å². The van der Waals surface area contributed by atoms with Crippen LogP contribution in [0.4, 0.5) is 0 Å². The van der Waals surface area contributed by atoms with Crippen LogP contribution in [-0.4, -0.2) is 36.4 Å². The standard InChI is InChI=1S/C12H20N2O/c1-8-7-10(9(2)15)12-11(13-3)5-4-6-14(8)12/h10-13H,1,4-7H2,2-3H3. The molecule has 0 radical (unpaired) electrons. The molecule has 15 heavy (non-hydrogen) atoms. The molecule has 2 heterocycles. The van der Waals surface area contributed by atoms with Crippen molar-refractivity contribution in [2.24, 2.45) is 5.92 Å². The minimum absolute atomic E-state index is 0.162. The SMILES string of the molecule is C=C1CC(C(C)=O)C2C(NC)CCCN12. The van der Waals surface area contributed by atoms with E-state index in [0.29, 0.717) is 17.9 Å². The molecule has 0 aromatic heterocycles. The lowest BCUT2D eigenvalue weighted by Gasteiger charge is -2.40. The van der Waals surface area contributed by atoms with Crippen molar-refractivity contribution in [3.8, 4) is 0 Å². The predicted octanol–water partition coefficient (Wildman–Crippen LogP) is 1.16. The van der Waals surface area contributed by atoms with Crippen LogP contribution in [0, 0.1) is 5.92 Å². The number of fused-ring (bicyclic) bond motifs is 1. The maximum Gasteiger partial charge on any atom is 0.135 e. The average molecular weight is 208 g/mol. The molecule has 2 fully saturated rings. The molecule has 3 heteroatoms. The van der Waals surface area contributed by atoms with E-state index in [0.717, 1.165) is 18.7 Å². The van der Waals surface area contributed by atoms with E-state index in [9.17, 15) is 4.79 Å². The average Bonchev–Trinajstić information content (AvgIpc) is 2.56. The maximum atomic E-state index is 11.6. The van der Waals surface area contributed by atoms with Gasteiger partial charge in [-0.3, -0.25) is 4.79 Å². The predicted molar refractivity (Wildman–Crippen MR) is 60.5 cm³/mol. The highest BCUT2D eigenvalue weighted by Gasteiger charge is 2.44. The zero-order valence-electron chi connectivity index (χ0n) is 9.62. The van der Waals surface area contributed by atoms with Crippen molar-refractivity contribution >= 4 is 5.78 Å². The van der Waals surface area contributed by atoms with E-state index in [1.807, 2.05) is 7.05 Å². The molecule has 2 aliphatic rings. The Kier molecular flexibility index (Phi) is 2.83. The number of Topliss-reactive ketones (excluding diaryl/α,β-unsaturated/α-hetero) is 1. The molecule has 0 spiro atoms. The third kappa shape index (κ3) is 1.69. The highest BCUT2D eigenvalue weighted by molar-refractivity contribution is 5.80. The number of hydrogen-bond donors (Lipinski definition) is 1. The Hall–Kier alpha value is -0.830. The van der Waals surface area contributed by atoms with Crippen molar-refractivity contribution in [2.75, 3.05) is 13.6 Å². The van der Waals surface area contributed by atoms with Crippen LogP contribution in [0.3, 0.4) is 0 Å². The molecular formula is C12H20N2O. The largest absolute Gasteiger partial charge is 0.370 e. The van der Waals surface area contributed by atoms with E-state index in [1.165, 1.54) is 12.8 Å². The lowest BCUT2D eigenvalue weighted by Crippen LogP contribution is -2.52. The summed E-state index contributed by atoms with van der Waals surface area (Å²) in [4.78, 5) is 14.0. The van der Waals surface area contributed by atoms with Gasteiger partial charge in [0.1, 0.15) is 5.78 Å². The van der Waals surface area contributed by atoms with Gasteiger partial charge in [0.25, 0.3) is 0 Å². The molecule has 0 bridgehead atoms. The van der Waals surface area contributed by atoms with Gasteiger partial charge in [-0.2, -0.15) is 0 Å². The van der Waals surface area contributed by atoms with Crippen molar-refractivity contribution in [1.29, 1.82) is 0 Å². The van der Waals surface area contributed by atoms with E-state index in [1.54, 1.807) is 6.92 Å². The van der Waals surface area contributed by atoms with Crippen LogP contribution in [-0.2, 0) is 4.79 Å². The van der Waals surface area contributed by atoms with Crippen LogP contribution in [0.2, 0.25) is 0 Å². The number of likely N-dealkylation sites (N-methyl/N-ethyl adjacent to an activating group) is 1. The van der Waals surface area contributed by atoms with Gasteiger partial charge in [0.15, 0.2) is 0 Å². The quantitative estimate of drug-likeness (QED) is 0.739. The fourth-order valence-corrected chi connectivity index (χ4v) is 3.08. The van der Waals surface area contributed by atoms with Gasteiger partial charge < -0.3 is 10.2 Å². The summed E-state index contributed by atoms with van der Waals surface area (Å²) >= 11 is 0. The molecule has 0 saturated carbocycles. The van der Waals surface area contributed by atoms with E-state index in [-0.39, 0.29) is 5.92 Å². The monoisotopic (exact) mass is 208 g/mol. The zero-order valence-corrected chi connectivity index (χ0v) is 9.62. The third-order valence-corrected chi connectivity index (χ3v) is 3.85. The Labute approximate surface area is 91.5 Å². The summed E-state index contributed by atoms with van der Waals surface area (Å²) in [6.07, 6.45) is 3.23. The number of allylic oxidation sites excluding steroid dienone is 1. The van der Waals surface area contributed by atoms with Crippen LogP contribution in [0.5, 0.6) is 0 Å². The Morgan fingerprint density at radius 2 is 2.33 bits per heavy atom. The summed E-state index contributed by atoms with van der Waals surface area (Å²) in [5.41, 5.74) is 1.15. The van der Waals surface area contributed by atoms with Crippen LogP contribution in [0.25, 0.3) is 0 Å². The highest BCUT2D eigenvalue weighted by Crippen LogP contribution is 2.38. The molecule has 3 nitrogen and oxygen atoms in total. The van der Waals surface area contributed by atoms with Crippen molar-refractivity contribution in [1.82, 2.24) is 10.2 Å². The molecule has 84 valence electrons. The number of piperidine rings is 1. The lowest BCUT2D eigenvalue weighted by atomic mass is 9.86. The van der Waals surface area contributed by atoms with E-state index in [2.05, 4.69) is 16.8 Å². The normalized spacial score (nSPS) is 35.5. The Bertz CT molecular complexity index is 287. The molecule has 0 aliphatic carbocycles. The molecule has 0 amide bonds. The molecule has 3 atom stereocenters. The number of hydrogen-bond acceptors (Lipinski definition) is 3. The fourth-order valence-electron chi connectivity index (χ4n) is 3.08. The van der Waals surface area contributed by atoms with Gasteiger partial charge in [-0.15, -0.1) is 0 Å². The first-order valence-corrected chi connectivity index (χ1v) is 5.77. The van der Waals surface area contributed by atoms with Gasteiger partial charge in [-0.25, -0.2) is 0 Å². The summed E-state index contributed by atoms with van der Waals surface area (Å²) in [6, 6.07) is 0.806. The van der Waals surface area contributed by atoms with Gasteiger partial charge in [0.05, 0.1) is 6.04 Å². The summed E-state index contributed by atoms with van der Waals surface area (Å²) in [5, 5.41) is 3.35. The second-order valence-corrected chi connectivity index (χ2v) is 4.71. The summed E-state index contributed by atoms with van der Waals surface area (Å²) < 4.78 is 0. The van der Waals surface area contributed by atoms with Gasteiger partial charge in [-0.05, 0) is 33.2 Å². The fraction of sp³-hybridized carbons (Fsp3) is 0.750. The molecule has 1 N–H and O–H groups in total. The number of rotatable bonds is 2. The van der Waals surface area contributed by atoms with Crippen molar-refractivity contribution in [3.05, 3.63) is 12.3 Å². The van der Waals surface area contributed by atoms with E-state index >= 15 is 0 Å². The number of carbonyl (C=O) groups excluding carboxylic acids is 1. The van der Waals surface area contributed by atoms with Crippen LogP contribution < -0.4 is 5.32 Å². The van der Waals surface area contributed by atoms with Crippen molar-refractivity contribution in [2.45, 2.75) is 38.3 Å². The van der Waals surface area contributed by atoms with Crippen molar-refractivity contribution in [3.63, 3.8) is 0 Å². The van der Waals surface area contributed by atoms with Gasteiger partial charge in [0.2, 0.25) is 0 Å². The first kappa shape index (κ1) is 10.7. The smallest absolute Gasteiger partial charge is 0.135 e. The van der Waals surface area contributed by atoms with Gasteiger partial charge >= 0.3 is 0 Å². The van der Waals surface area contributed by atoms with Crippen molar-refractivity contribution < 1.29 is 4.79 Å². The Balaban J connectivity index is 2.23. The minimum atomic E-state index is 0.162. The minimum Gasteiger partial charge on any atom is -0.370 e. The highest BCUT2D eigenvalue weighted by atomic mass is 16.1. The molecule has 2 aliphatic heterocycles. The number of nitrogens with one attached hydrogen (secondary N) is 1. The van der Waals surface area contributed by atoms with Crippen LogP contribution >= 0.6 is 0 Å². The molecule has 0 aromatic carbocycles. The second-order valence-electron chi connectivity index (χ2n) is 4.71. The van der Waals surface area contributed by atoms with Gasteiger partial charge in [0, 0.05) is 24.2 Å². The van der Waals surface area contributed by atoms with Crippen LogP contribution in [0.15, 0.2) is 12.3 Å². The van der Waals surface area contributed by atoms with E-state index < -0.39 is 0 Å². The summed E-state index contributed by atoms with van der Waals surface area (Å²) in [7, 11) is 1.99. The first-order valence-electron chi connectivity index (χ1n) is 5.77. The number of nitrogens with zero attached hydrogens (tertiary/aromatic N) is 1. The molecule has 3 unspecified atom stereocenters.